The van der Waals surface area contributed by atoms with E-state index in [9.17, 15) is 5.11 Å². The fourth-order valence-corrected chi connectivity index (χ4v) is 3.96. The van der Waals surface area contributed by atoms with Crippen LogP contribution in [0.4, 0.5) is 0 Å². The fraction of sp³-hybridized carbons (Fsp3) is 1.00. The Morgan fingerprint density at radius 1 is 1.32 bits per heavy atom. The van der Waals surface area contributed by atoms with Gasteiger partial charge in [0.05, 0.1) is 13.2 Å². The third-order valence-electron chi connectivity index (χ3n) is 5.21. The third-order valence-corrected chi connectivity index (χ3v) is 5.21. The molecule has 2 aliphatic carbocycles. The maximum absolute atomic E-state index is 9.79. The molecule has 3 rings (SSSR count). The molecule has 1 heterocycles. The highest BCUT2D eigenvalue weighted by Crippen LogP contribution is 2.37. The van der Waals surface area contributed by atoms with Crippen molar-refractivity contribution >= 4 is 0 Å². The van der Waals surface area contributed by atoms with Gasteiger partial charge in [-0.2, -0.15) is 0 Å². The summed E-state index contributed by atoms with van der Waals surface area (Å²) in [7, 11) is 1.80. The average Bonchev–Trinajstić information content (AvgIpc) is 2.92. The van der Waals surface area contributed by atoms with Crippen LogP contribution in [-0.2, 0) is 4.74 Å². The van der Waals surface area contributed by atoms with E-state index in [0.717, 1.165) is 19.4 Å². The SMILES string of the molecule is COCC1CCN(C2CCC(CO)(NC3CC3)C2)C1. The summed E-state index contributed by atoms with van der Waals surface area (Å²) in [4.78, 5) is 2.63. The molecule has 2 N–H and O–H groups in total. The van der Waals surface area contributed by atoms with E-state index in [1.54, 1.807) is 7.11 Å². The summed E-state index contributed by atoms with van der Waals surface area (Å²) in [6.45, 7) is 3.59. The minimum Gasteiger partial charge on any atom is -0.394 e. The van der Waals surface area contributed by atoms with Gasteiger partial charge in [0, 0.05) is 31.3 Å². The van der Waals surface area contributed by atoms with E-state index in [0.29, 0.717) is 24.6 Å². The lowest BCUT2D eigenvalue weighted by Crippen LogP contribution is -2.49. The van der Waals surface area contributed by atoms with Gasteiger partial charge in [0.15, 0.2) is 0 Å². The number of nitrogens with zero attached hydrogens (tertiary/aromatic N) is 1. The van der Waals surface area contributed by atoms with Crippen LogP contribution in [0.5, 0.6) is 0 Å². The van der Waals surface area contributed by atoms with E-state index in [2.05, 4.69) is 10.2 Å². The molecule has 0 radical (unpaired) electrons. The first-order chi connectivity index (χ1) is 9.24. The minimum absolute atomic E-state index is 0.0190. The second-order valence-corrected chi connectivity index (χ2v) is 6.86. The summed E-state index contributed by atoms with van der Waals surface area (Å²) in [6, 6.07) is 1.35. The number of hydrogen-bond donors (Lipinski definition) is 2. The van der Waals surface area contributed by atoms with Crippen molar-refractivity contribution in [2.24, 2.45) is 5.92 Å². The summed E-state index contributed by atoms with van der Waals surface area (Å²) >= 11 is 0. The smallest absolute Gasteiger partial charge is 0.0614 e. The van der Waals surface area contributed by atoms with Gasteiger partial charge in [-0.05, 0) is 51.0 Å². The van der Waals surface area contributed by atoms with Crippen LogP contribution in [0.2, 0.25) is 0 Å². The van der Waals surface area contributed by atoms with Crippen LogP contribution >= 0.6 is 0 Å². The monoisotopic (exact) mass is 268 g/mol. The van der Waals surface area contributed by atoms with Gasteiger partial charge in [0.25, 0.3) is 0 Å². The Bertz CT molecular complexity index is 309. The van der Waals surface area contributed by atoms with E-state index >= 15 is 0 Å². The lowest BCUT2D eigenvalue weighted by Gasteiger charge is -2.31. The Hall–Kier alpha value is -0.160. The predicted octanol–water partition coefficient (Wildman–Crippen LogP) is 0.990. The summed E-state index contributed by atoms with van der Waals surface area (Å²) in [5.41, 5.74) is 0.0190. The first-order valence-electron chi connectivity index (χ1n) is 7.86. The first-order valence-corrected chi connectivity index (χ1v) is 7.86. The highest BCUT2D eigenvalue weighted by atomic mass is 16.5. The summed E-state index contributed by atoms with van der Waals surface area (Å²) in [5, 5.41) is 13.5. The van der Waals surface area contributed by atoms with Crippen molar-refractivity contribution in [1.29, 1.82) is 0 Å². The molecule has 3 atom stereocenters. The molecule has 0 aromatic rings. The van der Waals surface area contributed by atoms with Crippen LogP contribution in [0.25, 0.3) is 0 Å². The Morgan fingerprint density at radius 3 is 2.84 bits per heavy atom. The van der Waals surface area contributed by atoms with Gasteiger partial charge in [-0.3, -0.25) is 4.90 Å². The van der Waals surface area contributed by atoms with Crippen molar-refractivity contribution < 1.29 is 9.84 Å². The Balaban J connectivity index is 1.53. The largest absolute Gasteiger partial charge is 0.394 e. The van der Waals surface area contributed by atoms with Crippen molar-refractivity contribution in [2.75, 3.05) is 33.4 Å². The molecule has 4 nitrogen and oxygen atoms in total. The van der Waals surface area contributed by atoms with Gasteiger partial charge >= 0.3 is 0 Å². The molecule has 0 aromatic heterocycles. The van der Waals surface area contributed by atoms with Crippen LogP contribution < -0.4 is 5.32 Å². The summed E-state index contributed by atoms with van der Waals surface area (Å²) < 4.78 is 5.28. The molecule has 1 saturated heterocycles. The normalized spacial score (nSPS) is 40.1. The van der Waals surface area contributed by atoms with Gasteiger partial charge in [-0.25, -0.2) is 0 Å². The molecular weight excluding hydrogens is 240 g/mol. The number of aliphatic hydroxyl groups excluding tert-OH is 1. The number of likely N-dealkylation sites (tertiary alicyclic amines) is 1. The Morgan fingerprint density at radius 2 is 2.16 bits per heavy atom. The second kappa shape index (κ2) is 5.68. The van der Waals surface area contributed by atoms with E-state index in [-0.39, 0.29) is 5.54 Å². The highest BCUT2D eigenvalue weighted by molar-refractivity contribution is 5.03. The standard InChI is InChI=1S/C15H28N2O2/c1-19-10-12-5-7-17(9-12)14-4-6-15(8-14,11-18)16-13-2-3-13/h12-14,16,18H,2-11H2,1H3. The van der Waals surface area contributed by atoms with Crippen LogP contribution in [-0.4, -0.2) is 61.0 Å². The zero-order valence-electron chi connectivity index (χ0n) is 12.1. The average molecular weight is 268 g/mol. The zero-order chi connectivity index (χ0) is 13.3. The minimum atomic E-state index is 0.0190. The summed E-state index contributed by atoms with van der Waals surface area (Å²) in [5.74, 6) is 0.713. The fourth-order valence-electron chi connectivity index (χ4n) is 3.96. The predicted molar refractivity (Wildman–Crippen MR) is 75.2 cm³/mol. The summed E-state index contributed by atoms with van der Waals surface area (Å²) in [6.07, 6.45) is 7.36. The van der Waals surface area contributed by atoms with Crippen molar-refractivity contribution in [3.05, 3.63) is 0 Å². The van der Waals surface area contributed by atoms with Gasteiger partial charge in [-0.1, -0.05) is 0 Å². The molecule has 4 heteroatoms. The highest BCUT2D eigenvalue weighted by Gasteiger charge is 2.44. The molecule has 0 amide bonds. The molecule has 0 aromatic carbocycles. The number of nitrogens with one attached hydrogen (secondary N) is 1. The van der Waals surface area contributed by atoms with Gasteiger partial charge in [0.2, 0.25) is 0 Å². The van der Waals surface area contributed by atoms with Crippen LogP contribution in [0.1, 0.15) is 38.5 Å². The molecule has 3 unspecified atom stereocenters. The van der Waals surface area contributed by atoms with E-state index in [1.807, 2.05) is 0 Å². The van der Waals surface area contributed by atoms with Gasteiger partial charge in [0.1, 0.15) is 0 Å². The van der Waals surface area contributed by atoms with E-state index < -0.39 is 0 Å². The molecule has 19 heavy (non-hydrogen) atoms. The molecule has 110 valence electrons. The lowest BCUT2D eigenvalue weighted by atomic mass is 9.98. The number of rotatable bonds is 6. The van der Waals surface area contributed by atoms with Crippen LogP contribution in [0, 0.1) is 5.92 Å². The van der Waals surface area contributed by atoms with Crippen molar-refractivity contribution in [3.63, 3.8) is 0 Å². The maximum Gasteiger partial charge on any atom is 0.0614 e. The Kier molecular flexibility index (Phi) is 4.13. The van der Waals surface area contributed by atoms with E-state index in [1.165, 1.54) is 38.8 Å². The number of methoxy groups -OCH3 is 1. The Labute approximate surface area is 116 Å². The molecule has 3 aliphatic rings. The van der Waals surface area contributed by atoms with Gasteiger partial charge in [-0.15, -0.1) is 0 Å². The number of aliphatic hydroxyl groups is 1. The van der Waals surface area contributed by atoms with Crippen molar-refractivity contribution in [2.45, 2.75) is 56.1 Å². The molecular formula is C15H28N2O2. The molecule has 0 spiro atoms. The molecule has 2 saturated carbocycles. The zero-order valence-corrected chi connectivity index (χ0v) is 12.1. The number of ether oxygens (including phenoxy) is 1. The quantitative estimate of drug-likeness (QED) is 0.754. The number of hydrogen-bond acceptors (Lipinski definition) is 4. The third kappa shape index (κ3) is 3.13. The lowest BCUT2D eigenvalue weighted by molar-refractivity contribution is 0.136. The van der Waals surface area contributed by atoms with Crippen LogP contribution in [0.3, 0.4) is 0 Å². The van der Waals surface area contributed by atoms with Crippen molar-refractivity contribution in [1.82, 2.24) is 10.2 Å². The van der Waals surface area contributed by atoms with E-state index in [4.69, 9.17) is 4.74 Å². The topological polar surface area (TPSA) is 44.7 Å². The first kappa shape index (κ1) is 13.8. The molecule has 1 aliphatic heterocycles. The molecule has 0 bridgehead atoms. The van der Waals surface area contributed by atoms with Crippen LogP contribution in [0.15, 0.2) is 0 Å². The second-order valence-electron chi connectivity index (χ2n) is 6.86. The van der Waals surface area contributed by atoms with Crippen molar-refractivity contribution in [3.8, 4) is 0 Å². The molecule has 3 fully saturated rings. The maximum atomic E-state index is 9.79. The van der Waals surface area contributed by atoms with Gasteiger partial charge < -0.3 is 15.2 Å².